The highest BCUT2D eigenvalue weighted by Gasteiger charge is 2.26. The van der Waals surface area contributed by atoms with E-state index in [9.17, 15) is 0 Å². The number of para-hydroxylation sites is 7. The molecule has 0 bridgehead atoms. The Bertz CT molecular complexity index is 7960. The minimum absolute atomic E-state index is 0.399. The molecule has 6 heterocycles. The number of benzene rings is 17. The van der Waals surface area contributed by atoms with Gasteiger partial charge in [-0.1, -0.05) is 261 Å². The third kappa shape index (κ3) is 9.81. The zero-order valence-electron chi connectivity index (χ0n) is 61.9. The first-order valence-electron chi connectivity index (χ1n) is 39.4. The monoisotopic (exact) mass is 1450 g/mol. The van der Waals surface area contributed by atoms with Gasteiger partial charge in [-0.25, -0.2) is 0 Å². The molecule has 17 aromatic carbocycles. The van der Waals surface area contributed by atoms with Crippen LogP contribution in [0.15, 0.2) is 403 Å². The van der Waals surface area contributed by atoms with Crippen LogP contribution < -0.4 is 0 Å². The van der Waals surface area contributed by atoms with Gasteiger partial charge >= 0.3 is 0 Å². The second kappa shape index (κ2) is 25.3. The van der Waals surface area contributed by atoms with Crippen molar-refractivity contribution in [1.29, 1.82) is 0 Å². The molecule has 0 aliphatic heterocycles. The molecule has 532 valence electrons. The molecule has 6 nitrogen and oxygen atoms in total. The molecule has 24 rings (SSSR count). The second-order valence-electron chi connectivity index (χ2n) is 30.5. The topological polar surface area (TPSA) is 46.0 Å². The maximum atomic E-state index is 7.10. The fraction of sp³-hybridized carbons (Fsp3) is 0.0185. The summed E-state index contributed by atoms with van der Waals surface area (Å²) < 4.78 is 23.4. The van der Waals surface area contributed by atoms with E-state index in [-0.39, 0.29) is 0 Å². The SMILES string of the molecule is C1=CC(c2ccccc2)CC=C1c1ccc(-n2c3ccccc3c3c4c5ccccc5n(-c5ccc(-c6ccc(-c7cc(-c8ccccc8)cc(-c8ccc(-n9c%10ccccc%10c%10c%11c%12ccccc%12n(-c%12ccc(-c%13cccc%14c%13oc%13ccccc%13%14)cc%12)c%11ccc%109)cc8)c7)c7c6oc6ccccc67)cc5)c4ccc32)cc1. The predicted octanol–water partition coefficient (Wildman–Crippen LogP) is 29.3. The largest absolute Gasteiger partial charge is 0.455 e. The highest BCUT2D eigenvalue weighted by molar-refractivity contribution is 6.31. The number of hydrogen-bond acceptors (Lipinski definition) is 2. The molecule has 1 aliphatic carbocycles. The van der Waals surface area contributed by atoms with Gasteiger partial charge in [0.05, 0.1) is 44.1 Å². The number of fused-ring (bicyclic) bond motifs is 20. The van der Waals surface area contributed by atoms with E-state index in [1.807, 2.05) is 12.1 Å². The zero-order valence-corrected chi connectivity index (χ0v) is 61.9. The smallest absolute Gasteiger partial charge is 0.143 e. The lowest BCUT2D eigenvalue weighted by molar-refractivity contribution is 0.669. The predicted molar refractivity (Wildman–Crippen MR) is 476 cm³/mol. The van der Waals surface area contributed by atoms with Gasteiger partial charge in [0.15, 0.2) is 0 Å². The fourth-order valence-corrected chi connectivity index (χ4v) is 19.1. The molecule has 0 saturated carbocycles. The number of rotatable bonds is 11. The van der Waals surface area contributed by atoms with Crippen molar-refractivity contribution in [2.24, 2.45) is 0 Å². The van der Waals surface area contributed by atoms with Crippen LogP contribution in [0.5, 0.6) is 0 Å². The van der Waals surface area contributed by atoms with Gasteiger partial charge in [0, 0.05) is 104 Å². The normalized spacial score (nSPS) is 13.3. The summed E-state index contributed by atoms with van der Waals surface area (Å²) in [5, 5.41) is 14.3. The van der Waals surface area contributed by atoms with Gasteiger partial charge in [-0.3, -0.25) is 0 Å². The summed E-state index contributed by atoms with van der Waals surface area (Å²) in [6.07, 6.45) is 8.04. The van der Waals surface area contributed by atoms with E-state index in [2.05, 4.69) is 400 Å². The van der Waals surface area contributed by atoms with Crippen LogP contribution >= 0.6 is 0 Å². The minimum atomic E-state index is 0.399. The van der Waals surface area contributed by atoms with Gasteiger partial charge in [-0.15, -0.1) is 0 Å². The standard InChI is InChI=1S/C108H68N4O2/c1-3-20-67(21-4-1)69-38-40-70(41-39-69)71-42-50-78(51-43-71)109-92-32-13-7-25-87(92)103-96(109)60-62-99-106(103)90-28-10-16-35-95(90)112(99)81-56-48-74(49-57-81)84-59-58-82(102-91-29-12-18-37-101(91)114-108(84)102)77-65-75(68-22-5-2-6-23-68)64-76(66-77)72-44-52-79(53-45-72)110-93-33-14-8-26-88(93)104-97(110)61-63-98-105(104)89-27-9-15-34-94(89)111(98)80-54-46-73(47-55-80)83-30-19-31-86-85-24-11-17-36-100(85)113-107(83)86/h1-38,40-66,69H,39H2. The molecule has 114 heavy (non-hydrogen) atoms. The summed E-state index contributed by atoms with van der Waals surface area (Å²) in [5.74, 6) is 0.399. The highest BCUT2D eigenvalue weighted by atomic mass is 16.3. The summed E-state index contributed by atoms with van der Waals surface area (Å²) in [7, 11) is 0. The Morgan fingerprint density at radius 2 is 0.596 bits per heavy atom. The van der Waals surface area contributed by atoms with Gasteiger partial charge in [0.2, 0.25) is 0 Å². The molecule has 1 unspecified atom stereocenters. The summed E-state index contributed by atoms with van der Waals surface area (Å²) in [6, 6.07) is 138. The summed E-state index contributed by atoms with van der Waals surface area (Å²) in [5.41, 5.74) is 32.2. The van der Waals surface area contributed by atoms with Gasteiger partial charge < -0.3 is 27.1 Å². The van der Waals surface area contributed by atoms with Crippen LogP contribution in [0.25, 0.3) is 215 Å². The molecule has 1 atom stereocenters. The van der Waals surface area contributed by atoms with Crippen molar-refractivity contribution in [3.63, 3.8) is 0 Å². The highest BCUT2D eigenvalue weighted by Crippen LogP contribution is 2.49. The molecule has 0 N–H and O–H groups in total. The van der Waals surface area contributed by atoms with E-state index in [4.69, 9.17) is 8.83 Å². The molecular weight excluding hydrogens is 1390 g/mol. The number of furan rings is 2. The lowest BCUT2D eigenvalue weighted by Crippen LogP contribution is -1.99. The van der Waals surface area contributed by atoms with Crippen LogP contribution in [0, 0.1) is 0 Å². The first-order valence-corrected chi connectivity index (χ1v) is 39.4. The molecule has 6 heteroatoms. The quantitative estimate of drug-likeness (QED) is 0.130. The first kappa shape index (κ1) is 63.9. The summed E-state index contributed by atoms with van der Waals surface area (Å²) in [6.45, 7) is 0. The maximum Gasteiger partial charge on any atom is 0.143 e. The Hall–Kier alpha value is -15.0. The summed E-state index contributed by atoms with van der Waals surface area (Å²) >= 11 is 0. The van der Waals surface area contributed by atoms with Crippen LogP contribution in [-0.4, -0.2) is 18.3 Å². The molecule has 0 saturated heterocycles. The Morgan fingerprint density at radius 3 is 1.08 bits per heavy atom. The number of aromatic nitrogens is 4. The molecule has 6 aromatic heterocycles. The molecule has 23 aromatic rings. The Balaban J connectivity index is 0.580. The van der Waals surface area contributed by atoms with Gasteiger partial charge in [0.25, 0.3) is 0 Å². The van der Waals surface area contributed by atoms with E-state index >= 15 is 0 Å². The number of nitrogens with zero attached hydrogens (tertiary/aromatic N) is 4. The van der Waals surface area contributed by atoms with Crippen molar-refractivity contribution >= 4 is 137 Å². The fourth-order valence-electron chi connectivity index (χ4n) is 19.1. The van der Waals surface area contributed by atoms with Crippen LogP contribution in [0.1, 0.15) is 23.5 Å². The van der Waals surface area contributed by atoms with Crippen LogP contribution in [0.4, 0.5) is 0 Å². The van der Waals surface area contributed by atoms with Crippen molar-refractivity contribution in [1.82, 2.24) is 18.3 Å². The van der Waals surface area contributed by atoms with Crippen LogP contribution in [-0.2, 0) is 0 Å². The Labute approximate surface area is 655 Å². The van der Waals surface area contributed by atoms with E-state index < -0.39 is 0 Å². The Kier molecular flexibility index (Phi) is 14.2. The van der Waals surface area contributed by atoms with Crippen LogP contribution in [0.3, 0.4) is 0 Å². The van der Waals surface area contributed by atoms with E-state index in [0.717, 1.165) is 162 Å². The number of hydrogen-bond donors (Lipinski definition) is 0. The van der Waals surface area contributed by atoms with Crippen LogP contribution in [0.2, 0.25) is 0 Å². The third-order valence-corrected chi connectivity index (χ3v) is 24.3. The molecule has 0 radical (unpaired) electrons. The van der Waals surface area contributed by atoms with Crippen molar-refractivity contribution < 1.29 is 8.83 Å². The molecule has 0 amide bonds. The molecule has 0 spiro atoms. The molecular formula is C108H68N4O2. The lowest BCUT2D eigenvalue weighted by atomic mass is 9.88. The number of allylic oxidation sites excluding steroid dienone is 4. The average Bonchev–Trinajstić information content (AvgIpc) is 1.55. The average molecular weight is 1450 g/mol. The van der Waals surface area contributed by atoms with Crippen molar-refractivity contribution in [3.8, 4) is 78.4 Å². The van der Waals surface area contributed by atoms with E-state index in [1.54, 1.807) is 0 Å². The van der Waals surface area contributed by atoms with Gasteiger partial charge in [-0.2, -0.15) is 0 Å². The van der Waals surface area contributed by atoms with Crippen molar-refractivity contribution in [3.05, 3.63) is 405 Å². The van der Waals surface area contributed by atoms with E-state index in [0.29, 0.717) is 5.92 Å². The second-order valence-corrected chi connectivity index (χ2v) is 30.5. The van der Waals surface area contributed by atoms with Crippen molar-refractivity contribution in [2.75, 3.05) is 0 Å². The summed E-state index contributed by atoms with van der Waals surface area (Å²) in [4.78, 5) is 0. The first-order chi connectivity index (χ1) is 56.5. The molecule has 0 fully saturated rings. The maximum absolute atomic E-state index is 7.10. The minimum Gasteiger partial charge on any atom is -0.455 e. The van der Waals surface area contributed by atoms with E-state index in [1.165, 1.54) is 70.8 Å². The van der Waals surface area contributed by atoms with Crippen molar-refractivity contribution in [2.45, 2.75) is 12.3 Å². The molecule has 1 aliphatic rings. The lowest BCUT2D eigenvalue weighted by Gasteiger charge is -2.17. The third-order valence-electron chi connectivity index (χ3n) is 24.3. The van der Waals surface area contributed by atoms with Gasteiger partial charge in [0.1, 0.15) is 22.3 Å². The Morgan fingerprint density at radius 1 is 0.228 bits per heavy atom. The zero-order chi connectivity index (χ0) is 74.6. The van der Waals surface area contributed by atoms with Gasteiger partial charge in [-0.05, 0) is 201 Å².